The maximum absolute atomic E-state index is 13.4. The van der Waals surface area contributed by atoms with Crippen LogP contribution in [0.25, 0.3) is 6.08 Å². The normalized spacial score (nSPS) is 23.0. The van der Waals surface area contributed by atoms with Gasteiger partial charge in [0.05, 0.1) is 4.91 Å². The molecule has 0 bridgehead atoms. The SMILES string of the molecule is CCCCn1c(N2CC(C)CC(C)C2)c(/C=C2\SC(=S)N(C(C)CC)C2=O)c(C)c(C#N)c1=O. The molecule has 0 N–H and O–H groups in total. The molecule has 2 aliphatic heterocycles. The highest BCUT2D eigenvalue weighted by molar-refractivity contribution is 8.26. The van der Waals surface area contributed by atoms with Gasteiger partial charge in [0.25, 0.3) is 11.5 Å². The van der Waals surface area contributed by atoms with Crippen LogP contribution in [0.5, 0.6) is 0 Å². The zero-order valence-electron chi connectivity index (χ0n) is 21.2. The first-order valence-electron chi connectivity index (χ1n) is 12.3. The summed E-state index contributed by atoms with van der Waals surface area (Å²) in [5.74, 6) is 1.72. The first-order valence-corrected chi connectivity index (χ1v) is 13.6. The van der Waals surface area contributed by atoms with Crippen LogP contribution in [-0.4, -0.2) is 38.8 Å². The van der Waals surface area contributed by atoms with Crippen LogP contribution in [0.4, 0.5) is 5.82 Å². The number of carbonyl (C=O) groups is 1. The van der Waals surface area contributed by atoms with Crippen LogP contribution in [0.1, 0.15) is 77.0 Å². The summed E-state index contributed by atoms with van der Waals surface area (Å²) in [6.07, 6.45) is 5.62. The van der Waals surface area contributed by atoms with E-state index in [1.807, 2.05) is 26.8 Å². The predicted octanol–water partition coefficient (Wildman–Crippen LogP) is 5.31. The number of rotatable bonds is 7. The van der Waals surface area contributed by atoms with Gasteiger partial charge >= 0.3 is 0 Å². The highest BCUT2D eigenvalue weighted by Gasteiger charge is 2.36. The predicted molar refractivity (Wildman–Crippen MR) is 145 cm³/mol. The number of aromatic nitrogens is 1. The van der Waals surface area contributed by atoms with Crippen molar-refractivity contribution < 1.29 is 4.79 Å². The number of anilines is 1. The van der Waals surface area contributed by atoms with Gasteiger partial charge in [-0.3, -0.25) is 19.1 Å². The second-order valence-electron chi connectivity index (χ2n) is 9.82. The van der Waals surface area contributed by atoms with E-state index in [1.54, 1.807) is 9.47 Å². The number of carbonyl (C=O) groups excluding carboxylic acids is 1. The molecule has 2 aliphatic rings. The Balaban J connectivity index is 2.26. The van der Waals surface area contributed by atoms with Crippen molar-refractivity contribution in [2.75, 3.05) is 18.0 Å². The van der Waals surface area contributed by atoms with Crippen LogP contribution in [0, 0.1) is 30.1 Å². The van der Waals surface area contributed by atoms with Crippen LogP contribution >= 0.6 is 24.0 Å². The molecular weight excluding hydrogens is 464 g/mol. The number of hydrogen-bond donors (Lipinski definition) is 0. The molecule has 34 heavy (non-hydrogen) atoms. The third kappa shape index (κ3) is 5.11. The van der Waals surface area contributed by atoms with Gasteiger partial charge in [0.2, 0.25) is 0 Å². The van der Waals surface area contributed by atoms with E-state index < -0.39 is 0 Å². The van der Waals surface area contributed by atoms with Gasteiger partial charge in [0.15, 0.2) is 0 Å². The third-order valence-corrected chi connectivity index (χ3v) is 8.21. The molecular formula is C26H36N4O2S2. The lowest BCUT2D eigenvalue weighted by molar-refractivity contribution is -0.123. The molecule has 6 nitrogen and oxygen atoms in total. The lowest BCUT2D eigenvalue weighted by Crippen LogP contribution is -2.43. The Labute approximate surface area is 213 Å². The fraction of sp³-hybridized carbons (Fsp3) is 0.615. The lowest BCUT2D eigenvalue weighted by Gasteiger charge is -2.39. The minimum atomic E-state index is -0.237. The molecule has 0 saturated carbocycles. The Morgan fingerprint density at radius 2 is 1.88 bits per heavy atom. The summed E-state index contributed by atoms with van der Waals surface area (Å²) in [7, 11) is 0. The summed E-state index contributed by atoms with van der Waals surface area (Å²) in [4.78, 5) is 31.3. The first-order chi connectivity index (χ1) is 16.1. The Hall–Kier alpha value is -2.11. The quantitative estimate of drug-likeness (QED) is 0.373. The summed E-state index contributed by atoms with van der Waals surface area (Å²) >= 11 is 6.84. The molecule has 1 amide bonds. The van der Waals surface area contributed by atoms with Crippen LogP contribution in [0.2, 0.25) is 0 Å². The standard InChI is InChI=1S/C26H36N4O2S2/c1-7-9-10-29-23(28-14-16(3)11-17(4)15-28)20(19(6)21(13-27)24(29)31)12-22-25(32)30(18(5)8-2)26(33)34-22/h12,16-18H,7-11,14-15H2,1-6H3/b22-12-. The monoisotopic (exact) mass is 500 g/mol. The maximum atomic E-state index is 13.4. The van der Waals surface area contributed by atoms with Crippen molar-refractivity contribution in [3.05, 3.63) is 31.9 Å². The topological polar surface area (TPSA) is 69.3 Å². The number of thioether (sulfide) groups is 1. The van der Waals surface area contributed by atoms with E-state index in [9.17, 15) is 14.9 Å². The van der Waals surface area contributed by atoms with Crippen LogP contribution in [0.3, 0.4) is 0 Å². The van der Waals surface area contributed by atoms with Gasteiger partial charge < -0.3 is 4.90 Å². The largest absolute Gasteiger partial charge is 0.357 e. The van der Waals surface area contributed by atoms with Crippen molar-refractivity contribution in [1.82, 2.24) is 9.47 Å². The number of thiocarbonyl (C=S) groups is 1. The fourth-order valence-electron chi connectivity index (χ4n) is 5.02. The van der Waals surface area contributed by atoms with Crippen LogP contribution in [0.15, 0.2) is 9.70 Å². The highest BCUT2D eigenvalue weighted by atomic mass is 32.2. The van der Waals surface area contributed by atoms with Crippen molar-refractivity contribution in [2.24, 2.45) is 11.8 Å². The molecule has 3 unspecified atom stereocenters. The zero-order valence-corrected chi connectivity index (χ0v) is 22.8. The molecule has 0 aromatic carbocycles. The summed E-state index contributed by atoms with van der Waals surface area (Å²) in [6.45, 7) is 14.7. The third-order valence-electron chi connectivity index (χ3n) is 6.88. The molecule has 0 spiro atoms. The number of unbranched alkanes of at least 4 members (excludes halogenated alkanes) is 1. The van der Waals surface area contributed by atoms with Crippen molar-refractivity contribution in [3.8, 4) is 6.07 Å². The molecule has 2 fully saturated rings. The number of hydrogen-bond acceptors (Lipinski definition) is 6. The van der Waals surface area contributed by atoms with E-state index in [1.165, 1.54) is 11.8 Å². The Morgan fingerprint density at radius 3 is 2.44 bits per heavy atom. The van der Waals surface area contributed by atoms with E-state index in [0.29, 0.717) is 33.2 Å². The smallest absolute Gasteiger partial charge is 0.270 e. The molecule has 3 rings (SSSR count). The number of pyridine rings is 1. The summed E-state index contributed by atoms with van der Waals surface area (Å²) in [5, 5.41) is 9.86. The second kappa shape index (κ2) is 11.1. The van der Waals surface area contributed by atoms with E-state index in [0.717, 1.165) is 50.2 Å². The molecule has 1 aromatic rings. The Morgan fingerprint density at radius 1 is 1.24 bits per heavy atom. The minimum absolute atomic E-state index is 0.0240. The lowest BCUT2D eigenvalue weighted by atomic mass is 9.91. The number of nitriles is 1. The van der Waals surface area contributed by atoms with E-state index in [-0.39, 0.29) is 23.1 Å². The minimum Gasteiger partial charge on any atom is -0.357 e. The molecule has 0 radical (unpaired) electrons. The Kier molecular flexibility index (Phi) is 8.64. The van der Waals surface area contributed by atoms with E-state index in [2.05, 4.69) is 31.7 Å². The van der Waals surface area contributed by atoms with Gasteiger partial charge in [-0.25, -0.2) is 0 Å². The maximum Gasteiger partial charge on any atom is 0.270 e. The summed E-state index contributed by atoms with van der Waals surface area (Å²) < 4.78 is 2.34. The van der Waals surface area contributed by atoms with Crippen LogP contribution < -0.4 is 10.5 Å². The molecule has 3 heterocycles. The van der Waals surface area contributed by atoms with Gasteiger partial charge in [-0.2, -0.15) is 5.26 Å². The highest BCUT2D eigenvalue weighted by Crippen LogP contribution is 2.38. The van der Waals surface area contributed by atoms with E-state index >= 15 is 0 Å². The molecule has 184 valence electrons. The van der Waals surface area contributed by atoms with Crippen molar-refractivity contribution in [3.63, 3.8) is 0 Å². The Bertz CT molecular complexity index is 1090. The van der Waals surface area contributed by atoms with Gasteiger partial charge in [0.1, 0.15) is 21.8 Å². The van der Waals surface area contributed by atoms with Gasteiger partial charge in [-0.15, -0.1) is 0 Å². The number of amides is 1. The van der Waals surface area contributed by atoms with E-state index in [4.69, 9.17) is 12.2 Å². The van der Waals surface area contributed by atoms with Gasteiger partial charge in [0, 0.05) is 31.2 Å². The number of piperidine rings is 1. The molecule has 1 aromatic heterocycles. The zero-order chi connectivity index (χ0) is 25.2. The second-order valence-corrected chi connectivity index (χ2v) is 11.5. The fourth-order valence-corrected chi connectivity index (χ4v) is 6.46. The summed E-state index contributed by atoms with van der Waals surface area (Å²) in [5.41, 5.74) is 1.34. The van der Waals surface area contributed by atoms with Gasteiger partial charge in [-0.1, -0.05) is 58.1 Å². The van der Waals surface area contributed by atoms with Gasteiger partial charge in [-0.05, 0) is 56.6 Å². The molecule has 2 saturated heterocycles. The molecule has 3 atom stereocenters. The van der Waals surface area contributed by atoms with Crippen LogP contribution in [-0.2, 0) is 11.3 Å². The van der Waals surface area contributed by atoms with Crippen molar-refractivity contribution >= 4 is 46.1 Å². The molecule has 0 aliphatic carbocycles. The first kappa shape index (κ1) is 26.5. The van der Waals surface area contributed by atoms with Crippen molar-refractivity contribution in [2.45, 2.75) is 79.8 Å². The number of nitrogens with zero attached hydrogens (tertiary/aromatic N) is 4. The summed E-state index contributed by atoms with van der Waals surface area (Å²) in [6, 6.07) is 2.16. The average Bonchev–Trinajstić information content (AvgIpc) is 3.06. The average molecular weight is 501 g/mol. The molecule has 8 heteroatoms. The van der Waals surface area contributed by atoms with Crippen molar-refractivity contribution in [1.29, 1.82) is 5.26 Å².